The molecule has 0 spiro atoms. The molecule has 0 aromatic carbocycles. The fourth-order valence-electron chi connectivity index (χ4n) is 2.66. The number of rotatable bonds is 6. The van der Waals surface area contributed by atoms with Gasteiger partial charge in [0.15, 0.2) is 0 Å². The van der Waals surface area contributed by atoms with Crippen molar-refractivity contribution < 1.29 is 4.79 Å². The van der Waals surface area contributed by atoms with Crippen LogP contribution in [-0.2, 0) is 13.0 Å². The molecule has 0 fully saturated rings. The minimum Gasteiger partial charge on any atom is -0.366 e. The molecule has 0 aliphatic rings. The highest BCUT2D eigenvalue weighted by Gasteiger charge is 2.24. The Kier molecular flexibility index (Phi) is 4.45. The quantitative estimate of drug-likeness (QED) is 0.808. The predicted octanol–water partition coefficient (Wildman–Crippen LogP) is 3.76. The van der Waals surface area contributed by atoms with Crippen LogP contribution in [0.25, 0.3) is 10.4 Å². The van der Waals surface area contributed by atoms with Crippen molar-refractivity contribution in [2.24, 2.45) is 5.73 Å². The molecule has 3 nitrogen and oxygen atoms in total. The first-order valence-electron chi connectivity index (χ1n) is 6.78. The highest BCUT2D eigenvalue weighted by Crippen LogP contribution is 2.36. The van der Waals surface area contributed by atoms with Gasteiger partial charge in [0.2, 0.25) is 0 Å². The van der Waals surface area contributed by atoms with Gasteiger partial charge < -0.3 is 10.3 Å². The standard InChI is InChI=1S/C16H20N2OS/c1-4-7-12-15(13-8-6-10-20-13)14(16(17)19)11(3)18(12)9-5-2/h5-6,8,10H,2,4,7,9H2,1,3H3,(H2,17,19). The lowest BCUT2D eigenvalue weighted by molar-refractivity contribution is 0.1000. The molecule has 4 heteroatoms. The van der Waals surface area contributed by atoms with E-state index in [0.717, 1.165) is 29.0 Å². The molecular weight excluding hydrogens is 268 g/mol. The Labute approximate surface area is 123 Å². The van der Waals surface area contributed by atoms with Gasteiger partial charge in [-0.25, -0.2) is 0 Å². The maximum Gasteiger partial charge on any atom is 0.251 e. The maximum absolute atomic E-state index is 11.9. The van der Waals surface area contributed by atoms with Crippen LogP contribution in [-0.4, -0.2) is 10.5 Å². The van der Waals surface area contributed by atoms with Crippen LogP contribution in [0.2, 0.25) is 0 Å². The van der Waals surface area contributed by atoms with E-state index in [0.29, 0.717) is 12.1 Å². The second-order valence-electron chi connectivity index (χ2n) is 4.77. The van der Waals surface area contributed by atoms with E-state index in [-0.39, 0.29) is 5.91 Å². The Morgan fingerprint density at radius 1 is 1.55 bits per heavy atom. The van der Waals surface area contributed by atoms with E-state index in [1.165, 1.54) is 5.69 Å². The molecule has 0 aliphatic heterocycles. The lowest BCUT2D eigenvalue weighted by atomic mass is 10.0. The molecule has 2 rings (SSSR count). The number of aromatic nitrogens is 1. The summed E-state index contributed by atoms with van der Waals surface area (Å²) < 4.78 is 2.16. The molecule has 2 N–H and O–H groups in total. The fourth-order valence-corrected chi connectivity index (χ4v) is 3.46. The number of amides is 1. The number of allylic oxidation sites excluding steroid dienone is 1. The summed E-state index contributed by atoms with van der Waals surface area (Å²) in [5.41, 5.74) is 9.40. The number of hydrogen-bond donors (Lipinski definition) is 1. The molecule has 0 atom stereocenters. The molecule has 106 valence electrons. The van der Waals surface area contributed by atoms with E-state index >= 15 is 0 Å². The van der Waals surface area contributed by atoms with Gasteiger partial charge in [0.05, 0.1) is 5.56 Å². The van der Waals surface area contributed by atoms with Crippen LogP contribution in [0.5, 0.6) is 0 Å². The summed E-state index contributed by atoms with van der Waals surface area (Å²) in [6.07, 6.45) is 3.81. The number of nitrogens with two attached hydrogens (primary N) is 1. The summed E-state index contributed by atoms with van der Waals surface area (Å²) in [6.45, 7) is 8.61. The third kappa shape index (κ3) is 2.43. The SMILES string of the molecule is C=CCn1c(C)c(C(N)=O)c(-c2cccs2)c1CCC. The van der Waals surface area contributed by atoms with Crippen LogP contribution < -0.4 is 5.73 Å². The van der Waals surface area contributed by atoms with E-state index in [2.05, 4.69) is 18.1 Å². The van der Waals surface area contributed by atoms with Gasteiger partial charge in [-0.05, 0) is 24.8 Å². The van der Waals surface area contributed by atoms with Crippen LogP contribution in [0.1, 0.15) is 35.1 Å². The molecular formula is C16H20N2OS. The lowest BCUT2D eigenvalue weighted by Crippen LogP contribution is -2.13. The monoisotopic (exact) mass is 288 g/mol. The number of thiophene rings is 1. The highest BCUT2D eigenvalue weighted by atomic mass is 32.1. The van der Waals surface area contributed by atoms with Crippen LogP contribution in [0, 0.1) is 6.92 Å². The topological polar surface area (TPSA) is 48.0 Å². The van der Waals surface area contributed by atoms with Gasteiger partial charge in [-0.3, -0.25) is 4.79 Å². The number of carbonyl (C=O) groups is 1. The van der Waals surface area contributed by atoms with Crippen molar-refractivity contribution in [1.29, 1.82) is 0 Å². The molecule has 0 saturated carbocycles. The van der Waals surface area contributed by atoms with Crippen LogP contribution in [0.3, 0.4) is 0 Å². The average Bonchev–Trinajstić information content (AvgIpc) is 3.00. The maximum atomic E-state index is 11.9. The summed E-state index contributed by atoms with van der Waals surface area (Å²) in [5, 5.41) is 2.02. The summed E-state index contributed by atoms with van der Waals surface area (Å²) >= 11 is 1.64. The highest BCUT2D eigenvalue weighted by molar-refractivity contribution is 7.13. The Bertz CT molecular complexity index is 623. The molecule has 0 radical (unpaired) electrons. The number of carbonyl (C=O) groups excluding carboxylic acids is 1. The fraction of sp³-hybridized carbons (Fsp3) is 0.312. The molecule has 0 saturated heterocycles. The van der Waals surface area contributed by atoms with Crippen LogP contribution in [0.15, 0.2) is 30.2 Å². The molecule has 2 aromatic heterocycles. The zero-order valence-electron chi connectivity index (χ0n) is 12.0. The summed E-state index contributed by atoms with van der Waals surface area (Å²) in [7, 11) is 0. The second kappa shape index (κ2) is 6.09. The minimum atomic E-state index is -0.355. The molecule has 1 amide bonds. The van der Waals surface area contributed by atoms with Gasteiger partial charge >= 0.3 is 0 Å². The molecule has 0 bridgehead atoms. The summed E-state index contributed by atoms with van der Waals surface area (Å²) in [4.78, 5) is 13.0. The first-order chi connectivity index (χ1) is 9.61. The van der Waals surface area contributed by atoms with E-state index in [1.807, 2.05) is 30.5 Å². The van der Waals surface area contributed by atoms with Gasteiger partial charge in [-0.15, -0.1) is 17.9 Å². The van der Waals surface area contributed by atoms with Crippen molar-refractivity contribution in [3.63, 3.8) is 0 Å². The molecule has 2 heterocycles. The second-order valence-corrected chi connectivity index (χ2v) is 5.72. The van der Waals surface area contributed by atoms with Gasteiger partial charge in [0, 0.05) is 28.4 Å². The number of hydrogen-bond acceptors (Lipinski definition) is 2. The van der Waals surface area contributed by atoms with Gasteiger partial charge in [0.1, 0.15) is 0 Å². The largest absolute Gasteiger partial charge is 0.366 e. The van der Waals surface area contributed by atoms with Gasteiger partial charge in [0.25, 0.3) is 5.91 Å². The summed E-state index contributed by atoms with van der Waals surface area (Å²) in [5.74, 6) is -0.355. The third-order valence-electron chi connectivity index (χ3n) is 3.44. The van der Waals surface area contributed by atoms with Crippen molar-refractivity contribution in [1.82, 2.24) is 4.57 Å². The Morgan fingerprint density at radius 2 is 2.30 bits per heavy atom. The van der Waals surface area contributed by atoms with Gasteiger partial charge in [-0.2, -0.15) is 0 Å². The third-order valence-corrected chi connectivity index (χ3v) is 4.33. The Morgan fingerprint density at radius 3 is 2.80 bits per heavy atom. The Hall–Kier alpha value is -1.81. The molecule has 0 aliphatic carbocycles. The minimum absolute atomic E-state index is 0.355. The van der Waals surface area contributed by atoms with Gasteiger partial charge in [-0.1, -0.05) is 25.5 Å². The number of primary amides is 1. The van der Waals surface area contributed by atoms with Crippen LogP contribution >= 0.6 is 11.3 Å². The van der Waals surface area contributed by atoms with Crippen molar-refractivity contribution in [2.45, 2.75) is 33.2 Å². The normalized spacial score (nSPS) is 10.7. The molecule has 0 unspecified atom stereocenters. The van der Waals surface area contributed by atoms with Crippen molar-refractivity contribution in [3.05, 3.63) is 47.1 Å². The number of nitrogens with zero attached hydrogens (tertiary/aromatic N) is 1. The smallest absolute Gasteiger partial charge is 0.251 e. The lowest BCUT2D eigenvalue weighted by Gasteiger charge is -2.09. The van der Waals surface area contributed by atoms with Crippen molar-refractivity contribution >= 4 is 17.2 Å². The average molecular weight is 288 g/mol. The van der Waals surface area contributed by atoms with Crippen molar-refractivity contribution in [3.8, 4) is 10.4 Å². The predicted molar refractivity (Wildman–Crippen MR) is 85.2 cm³/mol. The van der Waals surface area contributed by atoms with E-state index in [1.54, 1.807) is 11.3 Å². The van der Waals surface area contributed by atoms with E-state index in [9.17, 15) is 4.79 Å². The first-order valence-corrected chi connectivity index (χ1v) is 7.66. The molecule has 20 heavy (non-hydrogen) atoms. The van der Waals surface area contributed by atoms with E-state index in [4.69, 9.17) is 5.73 Å². The van der Waals surface area contributed by atoms with Crippen LogP contribution in [0.4, 0.5) is 0 Å². The van der Waals surface area contributed by atoms with E-state index < -0.39 is 0 Å². The zero-order chi connectivity index (χ0) is 14.7. The van der Waals surface area contributed by atoms with Crippen molar-refractivity contribution in [2.75, 3.05) is 0 Å². The Balaban J connectivity index is 2.76. The first kappa shape index (κ1) is 14.6. The molecule has 2 aromatic rings. The zero-order valence-corrected chi connectivity index (χ0v) is 12.8. The summed E-state index contributed by atoms with van der Waals surface area (Å²) in [6, 6.07) is 4.05.